The number of amides is 3. The van der Waals surface area contributed by atoms with Crippen LogP contribution in [0.1, 0.15) is 58.2 Å². The van der Waals surface area contributed by atoms with Crippen molar-refractivity contribution in [3.8, 4) is 5.75 Å². The van der Waals surface area contributed by atoms with Gasteiger partial charge < -0.3 is 25.0 Å². The normalized spacial score (nSPS) is 18.4. The summed E-state index contributed by atoms with van der Waals surface area (Å²) in [5, 5.41) is 5.60. The number of carbonyl (C=O) groups excluding carboxylic acids is 3. The molecule has 0 radical (unpaired) electrons. The average Bonchev–Trinajstić information content (AvgIpc) is 3.52. The molecule has 8 nitrogen and oxygen atoms in total. The van der Waals surface area contributed by atoms with Crippen LogP contribution in [0.2, 0.25) is 0 Å². The first-order valence-corrected chi connectivity index (χ1v) is 12.2. The first kappa shape index (κ1) is 27.0. The Morgan fingerprint density at radius 3 is 2.19 bits per heavy atom. The zero-order valence-electron chi connectivity index (χ0n) is 22.1. The fourth-order valence-corrected chi connectivity index (χ4v) is 4.14. The predicted octanol–water partition coefficient (Wildman–Crippen LogP) is 4.83. The number of ether oxygens (including phenoxy) is 2. The number of nitrogens with one attached hydrogen (secondary N) is 2. The summed E-state index contributed by atoms with van der Waals surface area (Å²) in [6.45, 7) is 10.9. The summed E-state index contributed by atoms with van der Waals surface area (Å²) >= 11 is 0. The van der Waals surface area contributed by atoms with Crippen LogP contribution in [-0.4, -0.2) is 47.6 Å². The Kier molecular flexibility index (Phi) is 8.28. The number of nitrogens with zero attached hydrogens (tertiary/aromatic N) is 1. The van der Waals surface area contributed by atoms with E-state index in [1.54, 1.807) is 64.0 Å². The Bertz CT molecular complexity index is 1090. The maximum Gasteiger partial charge on any atom is 0.408 e. The maximum absolute atomic E-state index is 13.8. The Labute approximate surface area is 213 Å². The lowest BCUT2D eigenvalue weighted by Crippen LogP contribution is -2.52. The van der Waals surface area contributed by atoms with Crippen LogP contribution in [0.4, 0.5) is 10.5 Å². The molecule has 0 spiro atoms. The second-order valence-corrected chi connectivity index (χ2v) is 10.4. The lowest BCUT2D eigenvalue weighted by atomic mass is 9.97. The van der Waals surface area contributed by atoms with Gasteiger partial charge >= 0.3 is 6.09 Å². The summed E-state index contributed by atoms with van der Waals surface area (Å²) in [5.74, 6) is 0.247. The molecule has 194 valence electrons. The molecule has 1 fully saturated rings. The first-order chi connectivity index (χ1) is 16.9. The van der Waals surface area contributed by atoms with Gasteiger partial charge in [-0.3, -0.25) is 9.59 Å². The Hall–Kier alpha value is -3.55. The topological polar surface area (TPSA) is 97.0 Å². The van der Waals surface area contributed by atoms with Crippen molar-refractivity contribution in [3.63, 3.8) is 0 Å². The quantitative estimate of drug-likeness (QED) is 0.547. The van der Waals surface area contributed by atoms with Gasteiger partial charge in [0.25, 0.3) is 5.91 Å². The molecule has 0 aromatic heterocycles. The molecule has 36 heavy (non-hydrogen) atoms. The van der Waals surface area contributed by atoms with Gasteiger partial charge in [0.15, 0.2) is 0 Å². The van der Waals surface area contributed by atoms with Crippen molar-refractivity contribution in [1.29, 1.82) is 0 Å². The Balaban J connectivity index is 1.94. The van der Waals surface area contributed by atoms with Crippen LogP contribution in [0.15, 0.2) is 48.5 Å². The number of alkyl carbamates (subject to hydrolysis) is 1. The zero-order valence-corrected chi connectivity index (χ0v) is 22.1. The smallest absolute Gasteiger partial charge is 0.408 e. The van der Waals surface area contributed by atoms with Gasteiger partial charge in [0.05, 0.1) is 7.11 Å². The monoisotopic (exact) mass is 495 g/mol. The van der Waals surface area contributed by atoms with E-state index in [-0.39, 0.29) is 23.8 Å². The number of methoxy groups -OCH3 is 1. The van der Waals surface area contributed by atoms with Crippen molar-refractivity contribution in [3.05, 3.63) is 59.7 Å². The second kappa shape index (κ2) is 11.0. The van der Waals surface area contributed by atoms with E-state index in [0.717, 1.165) is 17.5 Å². The number of aryl methyl sites for hydroxylation is 1. The molecule has 4 unspecified atom stereocenters. The van der Waals surface area contributed by atoms with E-state index in [1.807, 2.05) is 38.1 Å². The zero-order chi connectivity index (χ0) is 26.6. The van der Waals surface area contributed by atoms with E-state index >= 15 is 0 Å². The summed E-state index contributed by atoms with van der Waals surface area (Å²) in [4.78, 5) is 41.6. The third kappa shape index (κ3) is 6.77. The van der Waals surface area contributed by atoms with Crippen LogP contribution in [0.3, 0.4) is 0 Å². The molecule has 0 aliphatic heterocycles. The van der Waals surface area contributed by atoms with E-state index in [9.17, 15) is 14.4 Å². The maximum atomic E-state index is 13.8. The van der Waals surface area contributed by atoms with Crippen LogP contribution < -0.4 is 15.4 Å². The van der Waals surface area contributed by atoms with Crippen LogP contribution >= 0.6 is 0 Å². The van der Waals surface area contributed by atoms with Gasteiger partial charge in [0.1, 0.15) is 23.4 Å². The largest absolute Gasteiger partial charge is 0.497 e. The predicted molar refractivity (Wildman–Crippen MR) is 139 cm³/mol. The van der Waals surface area contributed by atoms with Crippen molar-refractivity contribution in [2.24, 2.45) is 5.92 Å². The van der Waals surface area contributed by atoms with Crippen LogP contribution in [0.5, 0.6) is 5.75 Å². The van der Waals surface area contributed by atoms with Gasteiger partial charge in [-0.15, -0.1) is 0 Å². The number of hydrogen-bond donors (Lipinski definition) is 2. The Morgan fingerprint density at radius 1 is 1.06 bits per heavy atom. The van der Waals surface area contributed by atoms with Gasteiger partial charge in [0.2, 0.25) is 5.91 Å². The fraction of sp³-hybridized carbons (Fsp3) is 0.464. The first-order valence-electron chi connectivity index (χ1n) is 12.2. The van der Waals surface area contributed by atoms with Gasteiger partial charge in [-0.05, 0) is 82.3 Å². The number of rotatable bonds is 8. The summed E-state index contributed by atoms with van der Waals surface area (Å²) < 4.78 is 10.5. The van der Waals surface area contributed by atoms with Crippen LogP contribution in [0.25, 0.3) is 0 Å². The van der Waals surface area contributed by atoms with E-state index in [0.29, 0.717) is 11.4 Å². The van der Waals surface area contributed by atoms with Crippen molar-refractivity contribution in [1.82, 2.24) is 10.2 Å². The molecular weight excluding hydrogens is 458 g/mol. The van der Waals surface area contributed by atoms with Crippen molar-refractivity contribution in [2.75, 3.05) is 12.4 Å². The van der Waals surface area contributed by atoms with Gasteiger partial charge in [-0.25, -0.2) is 4.79 Å². The lowest BCUT2D eigenvalue weighted by molar-refractivity contribution is -0.141. The summed E-state index contributed by atoms with van der Waals surface area (Å²) in [5.41, 5.74) is 1.53. The van der Waals surface area contributed by atoms with Crippen molar-refractivity contribution < 1.29 is 23.9 Å². The highest BCUT2D eigenvalue weighted by molar-refractivity contribution is 5.99. The van der Waals surface area contributed by atoms with E-state index in [4.69, 9.17) is 9.47 Å². The highest BCUT2D eigenvalue weighted by Gasteiger charge is 2.47. The highest BCUT2D eigenvalue weighted by Crippen LogP contribution is 2.41. The van der Waals surface area contributed by atoms with Crippen molar-refractivity contribution in [2.45, 2.75) is 71.7 Å². The third-order valence-corrected chi connectivity index (χ3v) is 6.15. The number of benzene rings is 2. The number of carbonyl (C=O) groups is 3. The second-order valence-electron chi connectivity index (χ2n) is 10.4. The average molecular weight is 496 g/mol. The lowest BCUT2D eigenvalue weighted by Gasteiger charge is -2.34. The molecule has 1 aliphatic carbocycles. The van der Waals surface area contributed by atoms with Crippen LogP contribution in [0, 0.1) is 12.8 Å². The molecule has 8 heteroatoms. The molecular formula is C28H37N3O5. The van der Waals surface area contributed by atoms with Crippen molar-refractivity contribution >= 4 is 23.6 Å². The standard InChI is InChI=1S/C28H37N3O5/c1-17-10-8-9-11-22(17)24(25(32)30-20-12-14-21(35-7)15-13-20)31(23-16-18(23)2)26(33)19(3)29-27(34)36-28(4,5)6/h8-15,18-19,23-24H,16H2,1-7H3,(H,29,34)(H,30,32). The Morgan fingerprint density at radius 2 is 1.67 bits per heavy atom. The minimum Gasteiger partial charge on any atom is -0.497 e. The number of hydrogen-bond acceptors (Lipinski definition) is 5. The highest BCUT2D eigenvalue weighted by atomic mass is 16.6. The molecule has 1 aliphatic rings. The molecule has 2 aromatic rings. The van der Waals surface area contributed by atoms with E-state index in [1.165, 1.54) is 0 Å². The van der Waals surface area contributed by atoms with Crippen LogP contribution in [-0.2, 0) is 14.3 Å². The molecule has 3 rings (SSSR count). The molecule has 4 atom stereocenters. The SMILES string of the molecule is COc1ccc(NC(=O)C(c2ccccc2C)N(C(=O)C(C)NC(=O)OC(C)(C)C)C2CC2C)cc1. The number of anilines is 1. The summed E-state index contributed by atoms with van der Waals surface area (Å²) in [6.07, 6.45) is 0.102. The minimum atomic E-state index is -0.882. The fourth-order valence-electron chi connectivity index (χ4n) is 4.14. The molecule has 2 N–H and O–H groups in total. The molecule has 1 saturated carbocycles. The van der Waals surface area contributed by atoms with E-state index in [2.05, 4.69) is 10.6 Å². The summed E-state index contributed by atoms with van der Waals surface area (Å²) in [7, 11) is 1.58. The molecule has 3 amide bonds. The van der Waals surface area contributed by atoms with Gasteiger partial charge in [0, 0.05) is 11.7 Å². The van der Waals surface area contributed by atoms with E-state index < -0.39 is 23.8 Å². The molecule has 0 heterocycles. The molecule has 0 bridgehead atoms. The third-order valence-electron chi connectivity index (χ3n) is 6.15. The minimum absolute atomic E-state index is 0.119. The van der Waals surface area contributed by atoms with Gasteiger partial charge in [-0.2, -0.15) is 0 Å². The molecule has 0 saturated heterocycles. The summed E-state index contributed by atoms with van der Waals surface area (Å²) in [6, 6.07) is 12.7. The molecule has 2 aromatic carbocycles. The van der Waals surface area contributed by atoms with Gasteiger partial charge in [-0.1, -0.05) is 31.2 Å².